The molecule has 7 heteroatoms. The summed E-state index contributed by atoms with van der Waals surface area (Å²) in [5, 5.41) is 0. The molecule has 0 spiro atoms. The number of hydrogen-bond donors (Lipinski definition) is 0. The van der Waals surface area contributed by atoms with Crippen molar-refractivity contribution in [2.75, 3.05) is 4.90 Å². The highest BCUT2D eigenvalue weighted by molar-refractivity contribution is 5.71. The molecule has 0 N–H and O–H groups in total. The van der Waals surface area contributed by atoms with E-state index in [4.69, 9.17) is 0 Å². The quantitative estimate of drug-likeness (QED) is 0.429. The molecular weight excluding hydrogens is 329 g/mol. The topological polar surface area (TPSA) is 14.9 Å². The first-order valence-electron chi connectivity index (χ1n) is 7.30. The first-order valence-corrected chi connectivity index (χ1v) is 7.30. The number of aromatic nitrogens is 3. The third-order valence-corrected chi connectivity index (χ3v) is 3.66. The van der Waals surface area contributed by atoms with Crippen LogP contribution in [0.4, 0.5) is 17.2 Å². The Morgan fingerprint density at radius 2 is 1.32 bits per heavy atom. The van der Waals surface area contributed by atoms with Crippen LogP contribution in [0.5, 0.6) is 0 Å². The van der Waals surface area contributed by atoms with E-state index in [1.54, 1.807) is 0 Å². The predicted molar refractivity (Wildman–Crippen MR) is 84.7 cm³/mol. The summed E-state index contributed by atoms with van der Waals surface area (Å²) < 4.78 is 6.23. The second-order valence-corrected chi connectivity index (χ2v) is 5.45. The van der Waals surface area contributed by atoms with Gasteiger partial charge >= 0.3 is 0 Å². The van der Waals surface area contributed by atoms with Crippen LogP contribution < -0.4 is 32.7 Å². The Hall–Kier alpha value is -2.96. The molecule has 3 heterocycles. The van der Waals surface area contributed by atoms with Gasteiger partial charge < -0.3 is 14.1 Å². The largest absolute Gasteiger partial charge is 1.00 e. The van der Waals surface area contributed by atoms with E-state index in [1.807, 2.05) is 30.9 Å². The molecule has 25 heavy (non-hydrogen) atoms. The molecular formula is C18H21F3N4. The van der Waals surface area contributed by atoms with Crippen LogP contribution in [0, 0.1) is 0 Å². The lowest BCUT2D eigenvalue weighted by molar-refractivity contribution is -0.671. The van der Waals surface area contributed by atoms with Crippen molar-refractivity contribution in [2.24, 2.45) is 21.1 Å². The molecule has 0 aliphatic rings. The number of pyridine rings is 3. The third kappa shape index (κ3) is 4.76. The van der Waals surface area contributed by atoms with Crippen LogP contribution in [0.25, 0.3) is 0 Å². The van der Waals surface area contributed by atoms with Crippen LogP contribution in [0.15, 0.2) is 73.4 Å². The maximum Gasteiger partial charge on any atom is 0.286 e. The molecule has 0 amide bonds. The first-order chi connectivity index (χ1) is 10.6. The summed E-state index contributed by atoms with van der Waals surface area (Å²) in [7, 11) is 6.13. The molecule has 0 aliphatic heterocycles. The molecule has 0 unspecified atom stereocenters. The fourth-order valence-electron chi connectivity index (χ4n) is 2.51. The van der Waals surface area contributed by atoms with Gasteiger partial charge in [-0.3, -0.25) is 0 Å². The second-order valence-electron chi connectivity index (χ2n) is 5.45. The average Bonchev–Trinajstić information content (AvgIpc) is 2.51. The van der Waals surface area contributed by atoms with E-state index in [-0.39, 0.29) is 14.1 Å². The predicted octanol–water partition coefficient (Wildman–Crippen LogP) is -7.36. The molecule has 0 saturated carbocycles. The van der Waals surface area contributed by atoms with Gasteiger partial charge in [-0.2, -0.15) is 4.90 Å². The second kappa shape index (κ2) is 9.36. The van der Waals surface area contributed by atoms with Gasteiger partial charge in [0.05, 0.1) is 13.2 Å². The van der Waals surface area contributed by atoms with E-state index in [2.05, 4.69) is 82.3 Å². The molecule has 0 aromatic carbocycles. The van der Waals surface area contributed by atoms with E-state index in [0.717, 1.165) is 17.2 Å². The van der Waals surface area contributed by atoms with Gasteiger partial charge in [-0.1, -0.05) is 6.07 Å². The zero-order valence-corrected chi connectivity index (χ0v) is 14.4. The fourth-order valence-corrected chi connectivity index (χ4v) is 2.51. The number of rotatable bonds is 3. The molecule has 0 saturated heterocycles. The highest BCUT2D eigenvalue weighted by Gasteiger charge is 2.25. The Labute approximate surface area is 145 Å². The van der Waals surface area contributed by atoms with Crippen molar-refractivity contribution in [3.05, 3.63) is 73.4 Å². The van der Waals surface area contributed by atoms with Crippen molar-refractivity contribution in [2.45, 2.75) is 0 Å². The summed E-state index contributed by atoms with van der Waals surface area (Å²) in [6.07, 6.45) is 10.4. The number of nitrogens with zero attached hydrogens (tertiary/aromatic N) is 4. The molecule has 134 valence electrons. The lowest BCUT2D eigenvalue weighted by Crippen LogP contribution is -3.00. The smallest absolute Gasteiger partial charge is 0.286 e. The third-order valence-electron chi connectivity index (χ3n) is 3.66. The fraction of sp³-hybridized carbons (Fsp3) is 0.167. The summed E-state index contributed by atoms with van der Waals surface area (Å²) in [5.41, 5.74) is 2.26. The zero-order chi connectivity index (χ0) is 15.5. The zero-order valence-electron chi connectivity index (χ0n) is 14.4. The molecule has 0 bridgehead atoms. The van der Waals surface area contributed by atoms with Gasteiger partial charge in [0.15, 0.2) is 24.3 Å². The van der Waals surface area contributed by atoms with Crippen molar-refractivity contribution in [1.82, 2.24) is 0 Å². The van der Waals surface area contributed by atoms with Crippen molar-refractivity contribution in [3.63, 3.8) is 0 Å². The Morgan fingerprint density at radius 1 is 0.640 bits per heavy atom. The van der Waals surface area contributed by atoms with Gasteiger partial charge in [0, 0.05) is 24.3 Å². The molecule has 0 fully saturated rings. The number of aryl methyl sites for hydroxylation is 3. The van der Waals surface area contributed by atoms with Crippen LogP contribution in [-0.4, -0.2) is 0 Å². The summed E-state index contributed by atoms with van der Waals surface area (Å²) >= 11 is 0. The minimum atomic E-state index is 0. The highest BCUT2D eigenvalue weighted by atomic mass is 19.0. The lowest BCUT2D eigenvalue weighted by Gasteiger charge is -2.16. The molecule has 3 aromatic rings. The van der Waals surface area contributed by atoms with E-state index >= 15 is 0 Å². The van der Waals surface area contributed by atoms with Crippen LogP contribution in [0.2, 0.25) is 0 Å². The van der Waals surface area contributed by atoms with Gasteiger partial charge in [-0.05, 0) is 12.1 Å². The lowest BCUT2D eigenvalue weighted by atomic mass is 10.2. The van der Waals surface area contributed by atoms with Crippen molar-refractivity contribution in [1.29, 1.82) is 0 Å². The van der Waals surface area contributed by atoms with Gasteiger partial charge in [-0.15, -0.1) is 0 Å². The van der Waals surface area contributed by atoms with Crippen LogP contribution in [0.3, 0.4) is 0 Å². The van der Waals surface area contributed by atoms with Crippen molar-refractivity contribution in [3.8, 4) is 0 Å². The molecule has 3 aromatic heterocycles. The number of halogens is 3. The summed E-state index contributed by atoms with van der Waals surface area (Å²) in [5.74, 6) is 1.11. The monoisotopic (exact) mass is 350 g/mol. The summed E-state index contributed by atoms with van der Waals surface area (Å²) in [6, 6.07) is 14.7. The van der Waals surface area contributed by atoms with E-state index in [9.17, 15) is 0 Å². The van der Waals surface area contributed by atoms with Gasteiger partial charge in [0.25, 0.3) is 5.82 Å². The van der Waals surface area contributed by atoms with Gasteiger partial charge in [0.2, 0.25) is 6.20 Å². The molecule has 0 aliphatic carbocycles. The Bertz CT molecular complexity index is 794. The van der Waals surface area contributed by atoms with Crippen LogP contribution in [0.1, 0.15) is 0 Å². The Morgan fingerprint density at radius 3 is 1.92 bits per heavy atom. The number of hydrogen-bond acceptors (Lipinski definition) is 1. The molecule has 3 rings (SSSR count). The highest BCUT2D eigenvalue weighted by Crippen LogP contribution is 2.30. The maximum atomic E-state index is 2.25. The van der Waals surface area contributed by atoms with E-state index < -0.39 is 0 Å². The molecule has 0 atom stereocenters. The van der Waals surface area contributed by atoms with E-state index in [1.165, 1.54) is 0 Å². The average molecular weight is 350 g/mol. The number of anilines is 3. The normalized spacial score (nSPS) is 9.24. The Balaban J connectivity index is 0.00000192. The SMILES string of the molecule is C[n+]1ccc(N(c2ccc[n+](C)c2)c2cccc[n+]2C)cc1.[F-].[F-].[F-]. The van der Waals surface area contributed by atoms with Gasteiger partial charge in [0.1, 0.15) is 19.8 Å². The molecule has 0 radical (unpaired) electrons. The standard InChI is InChI=1S/C18H21N4.3FH/c1-19-13-9-16(10-14-19)22(17-7-6-11-20(2)15-17)18-8-4-5-12-21(18)3;;;/h4-15H,1-3H3;3*1H/q+3;;;/p-3. The van der Waals surface area contributed by atoms with Crippen molar-refractivity contribution < 1.29 is 27.8 Å². The van der Waals surface area contributed by atoms with Crippen LogP contribution >= 0.6 is 0 Å². The summed E-state index contributed by atoms with van der Waals surface area (Å²) in [4.78, 5) is 2.25. The van der Waals surface area contributed by atoms with Gasteiger partial charge in [-0.25, -0.2) is 13.7 Å². The molecule has 4 nitrogen and oxygen atoms in total. The maximum absolute atomic E-state index is 2.25. The minimum Gasteiger partial charge on any atom is -1.00 e. The van der Waals surface area contributed by atoms with Crippen molar-refractivity contribution >= 4 is 17.2 Å². The summed E-state index contributed by atoms with van der Waals surface area (Å²) in [6.45, 7) is 0. The minimum absolute atomic E-state index is 0. The van der Waals surface area contributed by atoms with Crippen LogP contribution in [-0.2, 0) is 21.1 Å². The first kappa shape index (κ1) is 22.0. The van der Waals surface area contributed by atoms with E-state index in [0.29, 0.717) is 0 Å². The Kier molecular flexibility index (Phi) is 8.25.